The minimum absolute atomic E-state index is 0. The van der Waals surface area contributed by atoms with Gasteiger partial charge in [0.1, 0.15) is 6.04 Å². The van der Waals surface area contributed by atoms with Crippen LogP contribution in [0.15, 0.2) is 24.3 Å². The number of halogens is 1. The van der Waals surface area contributed by atoms with Crippen molar-refractivity contribution in [1.29, 1.82) is 0 Å². The number of piperidine rings is 1. The lowest BCUT2D eigenvalue weighted by atomic mass is 10.0. The van der Waals surface area contributed by atoms with E-state index in [9.17, 15) is 19.2 Å². The predicted molar refractivity (Wildman–Crippen MR) is 92.5 cm³/mol. The molecule has 134 valence electrons. The van der Waals surface area contributed by atoms with E-state index in [0.29, 0.717) is 17.7 Å². The molecule has 0 radical (unpaired) electrons. The van der Waals surface area contributed by atoms with Crippen LogP contribution in [0.1, 0.15) is 33.6 Å². The van der Waals surface area contributed by atoms with Crippen molar-refractivity contribution in [3.63, 3.8) is 0 Å². The van der Waals surface area contributed by atoms with Gasteiger partial charge in [-0.2, -0.15) is 0 Å². The molecular formula is C17H20ClN3O4. The van der Waals surface area contributed by atoms with Gasteiger partial charge in [-0.3, -0.25) is 29.0 Å². The van der Waals surface area contributed by atoms with Crippen molar-refractivity contribution >= 4 is 36.0 Å². The standard InChI is InChI=1S/C17H19N3O4.ClH/c1-18(2)9-10-19-14(21)8-7-13(17(19)24)20-15(22)11-5-3-4-6-12(11)16(20)23;/h3-6,13H,7-10H2,1-2H3;1H. The quantitative estimate of drug-likeness (QED) is 0.737. The molecule has 2 heterocycles. The Hall–Kier alpha value is -2.25. The Balaban J connectivity index is 0.00000225. The summed E-state index contributed by atoms with van der Waals surface area (Å²) >= 11 is 0. The van der Waals surface area contributed by atoms with Crippen LogP contribution in [-0.2, 0) is 9.59 Å². The highest BCUT2D eigenvalue weighted by molar-refractivity contribution is 6.23. The Kier molecular flexibility index (Phi) is 5.59. The van der Waals surface area contributed by atoms with Gasteiger partial charge in [-0.25, -0.2) is 0 Å². The van der Waals surface area contributed by atoms with Crippen LogP contribution in [0.2, 0.25) is 0 Å². The lowest BCUT2D eigenvalue weighted by Crippen LogP contribution is -2.57. The van der Waals surface area contributed by atoms with Crippen molar-refractivity contribution in [2.75, 3.05) is 27.2 Å². The average molecular weight is 366 g/mol. The van der Waals surface area contributed by atoms with Crippen LogP contribution in [0.25, 0.3) is 0 Å². The van der Waals surface area contributed by atoms with E-state index in [0.717, 1.165) is 9.80 Å². The first-order valence-electron chi connectivity index (χ1n) is 7.87. The fraction of sp³-hybridized carbons (Fsp3) is 0.412. The van der Waals surface area contributed by atoms with Gasteiger partial charge in [0, 0.05) is 19.5 Å². The number of carbonyl (C=O) groups excluding carboxylic acids is 4. The smallest absolute Gasteiger partial charge is 0.262 e. The van der Waals surface area contributed by atoms with Crippen molar-refractivity contribution in [2.45, 2.75) is 18.9 Å². The number of imide groups is 2. The lowest BCUT2D eigenvalue weighted by Gasteiger charge is -2.34. The molecule has 1 atom stereocenters. The first-order valence-corrected chi connectivity index (χ1v) is 7.87. The molecule has 1 saturated heterocycles. The summed E-state index contributed by atoms with van der Waals surface area (Å²) in [5.74, 6) is -1.65. The fourth-order valence-corrected chi connectivity index (χ4v) is 3.09. The summed E-state index contributed by atoms with van der Waals surface area (Å²) in [5.41, 5.74) is 0.624. The predicted octanol–water partition coefficient (Wildman–Crippen LogP) is 0.784. The molecule has 1 fully saturated rings. The van der Waals surface area contributed by atoms with E-state index >= 15 is 0 Å². The number of likely N-dealkylation sites (tertiary alicyclic amines) is 1. The number of likely N-dealkylation sites (N-methyl/N-ethyl adjacent to an activating group) is 1. The maximum atomic E-state index is 12.7. The monoisotopic (exact) mass is 365 g/mol. The molecular weight excluding hydrogens is 346 g/mol. The van der Waals surface area contributed by atoms with Crippen molar-refractivity contribution < 1.29 is 19.2 Å². The summed E-state index contributed by atoms with van der Waals surface area (Å²) in [6, 6.07) is 5.62. The summed E-state index contributed by atoms with van der Waals surface area (Å²) in [7, 11) is 3.70. The third-order valence-electron chi connectivity index (χ3n) is 4.39. The van der Waals surface area contributed by atoms with Crippen LogP contribution in [0.4, 0.5) is 0 Å². The summed E-state index contributed by atoms with van der Waals surface area (Å²) in [5, 5.41) is 0. The topological polar surface area (TPSA) is 78.0 Å². The van der Waals surface area contributed by atoms with Crippen LogP contribution in [0.5, 0.6) is 0 Å². The first-order chi connectivity index (χ1) is 11.4. The van der Waals surface area contributed by atoms with Gasteiger partial charge in [-0.05, 0) is 32.6 Å². The second-order valence-electron chi connectivity index (χ2n) is 6.27. The summed E-state index contributed by atoms with van der Waals surface area (Å²) < 4.78 is 0. The molecule has 8 heteroatoms. The van der Waals surface area contributed by atoms with Crippen LogP contribution < -0.4 is 0 Å². The molecule has 1 aromatic rings. The van der Waals surface area contributed by atoms with Crippen LogP contribution in [0.3, 0.4) is 0 Å². The maximum absolute atomic E-state index is 12.7. The van der Waals surface area contributed by atoms with Crippen molar-refractivity contribution in [3.05, 3.63) is 35.4 Å². The Labute approximate surface area is 152 Å². The van der Waals surface area contributed by atoms with Gasteiger partial charge in [-0.15, -0.1) is 12.4 Å². The number of hydrogen-bond donors (Lipinski definition) is 0. The first kappa shape index (κ1) is 19.1. The molecule has 2 aliphatic rings. The van der Waals surface area contributed by atoms with Gasteiger partial charge in [0.25, 0.3) is 17.7 Å². The maximum Gasteiger partial charge on any atom is 0.262 e. The van der Waals surface area contributed by atoms with Crippen molar-refractivity contribution in [3.8, 4) is 0 Å². The van der Waals surface area contributed by atoms with E-state index in [1.807, 2.05) is 19.0 Å². The molecule has 2 aliphatic heterocycles. The molecule has 25 heavy (non-hydrogen) atoms. The van der Waals surface area contributed by atoms with E-state index in [1.54, 1.807) is 24.3 Å². The second kappa shape index (κ2) is 7.33. The van der Waals surface area contributed by atoms with E-state index in [4.69, 9.17) is 0 Å². The number of amides is 4. The third-order valence-corrected chi connectivity index (χ3v) is 4.39. The highest BCUT2D eigenvalue weighted by Gasteiger charge is 2.46. The number of benzene rings is 1. The largest absolute Gasteiger partial charge is 0.308 e. The summed E-state index contributed by atoms with van der Waals surface area (Å²) in [6.07, 6.45) is 0.332. The third kappa shape index (κ3) is 3.29. The zero-order chi connectivity index (χ0) is 17.4. The van der Waals surface area contributed by atoms with Gasteiger partial charge in [0.2, 0.25) is 5.91 Å². The van der Waals surface area contributed by atoms with Crippen LogP contribution in [0, 0.1) is 0 Å². The molecule has 0 saturated carbocycles. The Morgan fingerprint density at radius 2 is 1.60 bits per heavy atom. The van der Waals surface area contributed by atoms with Gasteiger partial charge >= 0.3 is 0 Å². The highest BCUT2D eigenvalue weighted by Crippen LogP contribution is 2.28. The number of rotatable bonds is 4. The van der Waals surface area contributed by atoms with E-state index in [1.165, 1.54) is 0 Å². The van der Waals surface area contributed by atoms with E-state index in [2.05, 4.69) is 0 Å². The second-order valence-corrected chi connectivity index (χ2v) is 6.27. The molecule has 4 amide bonds. The van der Waals surface area contributed by atoms with Gasteiger partial charge in [-0.1, -0.05) is 12.1 Å². The van der Waals surface area contributed by atoms with Crippen molar-refractivity contribution in [1.82, 2.24) is 14.7 Å². The molecule has 0 spiro atoms. The summed E-state index contributed by atoms with van der Waals surface area (Å²) in [4.78, 5) is 53.9. The fourth-order valence-electron chi connectivity index (χ4n) is 3.09. The molecule has 1 aromatic carbocycles. The van der Waals surface area contributed by atoms with Crippen molar-refractivity contribution in [2.24, 2.45) is 0 Å². The Morgan fingerprint density at radius 3 is 2.12 bits per heavy atom. The Bertz CT molecular complexity index is 699. The molecule has 0 bridgehead atoms. The molecule has 3 rings (SSSR count). The summed E-state index contributed by atoms with van der Waals surface area (Å²) in [6.45, 7) is 0.788. The number of hydrogen-bond acceptors (Lipinski definition) is 5. The Morgan fingerprint density at radius 1 is 1.04 bits per heavy atom. The lowest BCUT2D eigenvalue weighted by molar-refractivity contribution is -0.151. The minimum Gasteiger partial charge on any atom is -0.308 e. The number of nitrogens with zero attached hydrogens (tertiary/aromatic N) is 3. The van der Waals surface area contributed by atoms with Crippen LogP contribution >= 0.6 is 12.4 Å². The zero-order valence-corrected chi connectivity index (χ0v) is 14.9. The molecule has 1 unspecified atom stereocenters. The van der Waals surface area contributed by atoms with Gasteiger partial charge < -0.3 is 4.90 Å². The number of carbonyl (C=O) groups is 4. The minimum atomic E-state index is -0.905. The van der Waals surface area contributed by atoms with Gasteiger partial charge in [0.05, 0.1) is 11.1 Å². The average Bonchev–Trinajstić information content (AvgIpc) is 2.80. The molecule has 7 nitrogen and oxygen atoms in total. The molecule has 0 aliphatic carbocycles. The zero-order valence-electron chi connectivity index (χ0n) is 14.1. The van der Waals surface area contributed by atoms with Crippen LogP contribution in [-0.4, -0.2) is 71.6 Å². The van der Waals surface area contributed by atoms with E-state index in [-0.39, 0.29) is 37.7 Å². The van der Waals surface area contributed by atoms with E-state index < -0.39 is 23.8 Å². The molecule has 0 N–H and O–H groups in total. The highest BCUT2D eigenvalue weighted by atomic mass is 35.5. The SMILES string of the molecule is CN(C)CCN1C(=O)CCC(N2C(=O)c3ccccc3C2=O)C1=O.Cl. The van der Waals surface area contributed by atoms with Gasteiger partial charge in [0.15, 0.2) is 0 Å². The molecule has 0 aromatic heterocycles. The number of fused-ring (bicyclic) bond motifs is 1. The normalized spacial score (nSPS) is 20.2.